The first-order chi connectivity index (χ1) is 8.67. The van der Waals surface area contributed by atoms with Crippen LogP contribution in [0, 0.1) is 11.8 Å². The average Bonchev–Trinajstić information content (AvgIpc) is 2.31. The first kappa shape index (κ1) is 13.4. The van der Waals surface area contributed by atoms with E-state index in [0.717, 1.165) is 18.3 Å². The highest BCUT2D eigenvalue weighted by Crippen LogP contribution is 2.30. The summed E-state index contributed by atoms with van der Waals surface area (Å²) in [5, 5.41) is 12.5. The van der Waals surface area contributed by atoms with Crippen LogP contribution in [0.15, 0.2) is 24.3 Å². The van der Waals surface area contributed by atoms with Crippen molar-refractivity contribution < 1.29 is 5.11 Å². The Bertz CT molecular complexity index is 350. The van der Waals surface area contributed by atoms with Gasteiger partial charge in [-0.15, -0.1) is 0 Å². The molecule has 1 saturated carbocycles. The molecule has 100 valence electrons. The first-order valence-corrected chi connectivity index (χ1v) is 7.13. The predicted molar refractivity (Wildman–Crippen MR) is 76.8 cm³/mol. The molecule has 18 heavy (non-hydrogen) atoms. The Hall–Kier alpha value is -1.02. The third kappa shape index (κ3) is 3.74. The molecule has 0 amide bonds. The molecule has 2 atom stereocenters. The van der Waals surface area contributed by atoms with Gasteiger partial charge < -0.3 is 10.4 Å². The van der Waals surface area contributed by atoms with Gasteiger partial charge in [-0.25, -0.2) is 0 Å². The standard InChI is InChI=1S/C16H25NO/c1-12-9-13(2)11-16(10-12)17-15-5-3-14(4-6-15)7-8-18/h3-6,12-13,16-18H,7-11H2,1-2H3. The topological polar surface area (TPSA) is 32.3 Å². The smallest absolute Gasteiger partial charge is 0.0471 e. The summed E-state index contributed by atoms with van der Waals surface area (Å²) < 4.78 is 0. The lowest BCUT2D eigenvalue weighted by molar-refractivity contribution is 0.281. The molecule has 1 aliphatic carbocycles. The molecule has 0 saturated heterocycles. The summed E-state index contributed by atoms with van der Waals surface area (Å²) in [4.78, 5) is 0. The number of nitrogens with one attached hydrogen (secondary N) is 1. The second kappa shape index (κ2) is 6.24. The van der Waals surface area contributed by atoms with Crippen molar-refractivity contribution in [3.63, 3.8) is 0 Å². The van der Waals surface area contributed by atoms with Gasteiger partial charge in [0, 0.05) is 18.3 Å². The second-order valence-corrected chi connectivity index (χ2v) is 5.93. The summed E-state index contributed by atoms with van der Waals surface area (Å²) in [6, 6.07) is 9.10. The number of aliphatic hydroxyl groups excluding tert-OH is 1. The molecule has 0 aliphatic heterocycles. The van der Waals surface area contributed by atoms with Crippen LogP contribution in [0.2, 0.25) is 0 Å². The Morgan fingerprint density at radius 2 is 1.67 bits per heavy atom. The van der Waals surface area contributed by atoms with E-state index in [0.29, 0.717) is 6.04 Å². The maximum atomic E-state index is 8.89. The van der Waals surface area contributed by atoms with Gasteiger partial charge in [-0.05, 0) is 55.2 Å². The van der Waals surface area contributed by atoms with Crippen molar-refractivity contribution in [2.24, 2.45) is 11.8 Å². The van der Waals surface area contributed by atoms with Gasteiger partial charge in [0.05, 0.1) is 0 Å². The molecule has 2 unspecified atom stereocenters. The molecule has 0 spiro atoms. The van der Waals surface area contributed by atoms with E-state index in [9.17, 15) is 0 Å². The van der Waals surface area contributed by atoms with Crippen molar-refractivity contribution in [1.82, 2.24) is 0 Å². The fourth-order valence-corrected chi connectivity index (χ4v) is 3.20. The van der Waals surface area contributed by atoms with Crippen LogP contribution in [0.4, 0.5) is 5.69 Å². The van der Waals surface area contributed by atoms with Gasteiger partial charge >= 0.3 is 0 Å². The van der Waals surface area contributed by atoms with E-state index in [2.05, 4.69) is 43.4 Å². The van der Waals surface area contributed by atoms with Crippen molar-refractivity contribution in [2.75, 3.05) is 11.9 Å². The average molecular weight is 247 g/mol. The van der Waals surface area contributed by atoms with Gasteiger partial charge in [-0.2, -0.15) is 0 Å². The van der Waals surface area contributed by atoms with Gasteiger partial charge in [0.1, 0.15) is 0 Å². The fraction of sp³-hybridized carbons (Fsp3) is 0.625. The first-order valence-electron chi connectivity index (χ1n) is 7.13. The van der Waals surface area contributed by atoms with E-state index in [1.54, 1.807) is 0 Å². The van der Waals surface area contributed by atoms with E-state index in [-0.39, 0.29) is 6.61 Å². The number of rotatable bonds is 4. The fourth-order valence-electron chi connectivity index (χ4n) is 3.20. The van der Waals surface area contributed by atoms with Gasteiger partial charge in [-0.3, -0.25) is 0 Å². The summed E-state index contributed by atoms with van der Waals surface area (Å²) in [5.41, 5.74) is 2.41. The second-order valence-electron chi connectivity index (χ2n) is 5.93. The highest BCUT2D eigenvalue weighted by Gasteiger charge is 2.23. The molecule has 0 heterocycles. The van der Waals surface area contributed by atoms with Crippen molar-refractivity contribution in [3.8, 4) is 0 Å². The van der Waals surface area contributed by atoms with Gasteiger partial charge in [0.2, 0.25) is 0 Å². The number of hydrogen-bond donors (Lipinski definition) is 2. The number of hydrogen-bond acceptors (Lipinski definition) is 2. The largest absolute Gasteiger partial charge is 0.396 e. The molecule has 0 aromatic heterocycles. The third-order valence-corrected chi connectivity index (χ3v) is 3.90. The van der Waals surface area contributed by atoms with Crippen LogP contribution < -0.4 is 5.32 Å². The van der Waals surface area contributed by atoms with Crippen LogP contribution in [0.1, 0.15) is 38.7 Å². The monoisotopic (exact) mass is 247 g/mol. The molecule has 0 radical (unpaired) electrons. The van der Waals surface area contributed by atoms with Crippen LogP contribution in [-0.4, -0.2) is 17.8 Å². The van der Waals surface area contributed by atoms with Crippen molar-refractivity contribution in [3.05, 3.63) is 29.8 Å². The molecule has 1 aliphatic rings. The van der Waals surface area contributed by atoms with E-state index in [4.69, 9.17) is 5.11 Å². The van der Waals surface area contributed by atoms with Gasteiger partial charge in [0.15, 0.2) is 0 Å². The molecule has 2 N–H and O–H groups in total. The predicted octanol–water partition coefficient (Wildman–Crippen LogP) is 3.46. The summed E-state index contributed by atoms with van der Waals surface area (Å²) in [7, 11) is 0. The number of aliphatic hydroxyl groups is 1. The molecule has 0 bridgehead atoms. The maximum Gasteiger partial charge on any atom is 0.0471 e. The number of anilines is 1. The summed E-state index contributed by atoms with van der Waals surface area (Å²) in [6.07, 6.45) is 4.68. The summed E-state index contributed by atoms with van der Waals surface area (Å²) >= 11 is 0. The zero-order valence-electron chi connectivity index (χ0n) is 11.5. The van der Waals surface area contributed by atoms with Crippen molar-refractivity contribution in [2.45, 2.75) is 45.6 Å². The lowest BCUT2D eigenvalue weighted by Crippen LogP contribution is -2.30. The molecule has 2 heteroatoms. The van der Waals surface area contributed by atoms with Crippen LogP contribution in [0.3, 0.4) is 0 Å². The lowest BCUT2D eigenvalue weighted by atomic mass is 9.80. The minimum atomic E-state index is 0.227. The normalized spacial score (nSPS) is 28.1. The Morgan fingerprint density at radius 1 is 1.06 bits per heavy atom. The van der Waals surface area contributed by atoms with E-state index in [1.165, 1.54) is 30.5 Å². The minimum absolute atomic E-state index is 0.227. The molecular weight excluding hydrogens is 222 g/mol. The molecular formula is C16H25NO. The van der Waals surface area contributed by atoms with Crippen LogP contribution in [-0.2, 0) is 6.42 Å². The lowest BCUT2D eigenvalue weighted by Gasteiger charge is -2.32. The molecule has 2 nitrogen and oxygen atoms in total. The molecule has 1 aromatic carbocycles. The quantitative estimate of drug-likeness (QED) is 0.854. The highest BCUT2D eigenvalue weighted by atomic mass is 16.2. The van der Waals surface area contributed by atoms with Crippen molar-refractivity contribution in [1.29, 1.82) is 0 Å². The Balaban J connectivity index is 1.92. The molecule has 2 rings (SSSR count). The SMILES string of the molecule is CC1CC(C)CC(Nc2ccc(CCO)cc2)C1. The Morgan fingerprint density at radius 3 is 2.22 bits per heavy atom. The molecule has 1 fully saturated rings. The van der Waals surface area contributed by atoms with Gasteiger partial charge in [-0.1, -0.05) is 26.0 Å². The summed E-state index contributed by atoms with van der Waals surface area (Å²) in [6.45, 7) is 4.94. The van der Waals surface area contributed by atoms with E-state index < -0.39 is 0 Å². The van der Waals surface area contributed by atoms with Crippen LogP contribution in [0.25, 0.3) is 0 Å². The zero-order chi connectivity index (χ0) is 13.0. The van der Waals surface area contributed by atoms with Crippen molar-refractivity contribution >= 4 is 5.69 Å². The van der Waals surface area contributed by atoms with Crippen LogP contribution in [0.5, 0.6) is 0 Å². The van der Waals surface area contributed by atoms with Gasteiger partial charge in [0.25, 0.3) is 0 Å². The Labute approximate surface area is 110 Å². The van der Waals surface area contributed by atoms with Crippen LogP contribution >= 0.6 is 0 Å². The maximum absolute atomic E-state index is 8.89. The zero-order valence-corrected chi connectivity index (χ0v) is 11.5. The highest BCUT2D eigenvalue weighted by molar-refractivity contribution is 5.45. The number of benzene rings is 1. The summed E-state index contributed by atoms with van der Waals surface area (Å²) in [5.74, 6) is 1.67. The Kier molecular flexibility index (Phi) is 4.65. The third-order valence-electron chi connectivity index (χ3n) is 3.90. The minimum Gasteiger partial charge on any atom is -0.396 e. The van der Waals surface area contributed by atoms with E-state index in [1.807, 2.05) is 0 Å². The molecule has 1 aromatic rings. The van der Waals surface area contributed by atoms with E-state index >= 15 is 0 Å².